The molecule has 0 aromatic carbocycles. The number of hydrogen-bond donors (Lipinski definition) is 2. The molecule has 2 unspecified atom stereocenters. The van der Waals surface area contributed by atoms with Crippen molar-refractivity contribution < 1.29 is 9.59 Å². The third kappa shape index (κ3) is 6.77. The van der Waals surface area contributed by atoms with Gasteiger partial charge in [0.05, 0.1) is 0 Å². The Morgan fingerprint density at radius 1 is 0.429 bits per heavy atom. The number of amides is 2. The fourth-order valence-corrected chi connectivity index (χ4v) is 5.51. The predicted molar refractivity (Wildman–Crippen MR) is 114 cm³/mol. The van der Waals surface area contributed by atoms with E-state index >= 15 is 0 Å². The van der Waals surface area contributed by atoms with Crippen molar-refractivity contribution in [2.75, 3.05) is 0 Å². The van der Waals surface area contributed by atoms with Gasteiger partial charge < -0.3 is 10.6 Å². The number of hydrogen-bond acceptors (Lipinski definition) is 2. The topological polar surface area (TPSA) is 58.2 Å². The summed E-state index contributed by atoms with van der Waals surface area (Å²) in [7, 11) is 0. The molecule has 3 rings (SSSR count). The zero-order valence-corrected chi connectivity index (χ0v) is 17.9. The molecule has 160 valence electrons. The van der Waals surface area contributed by atoms with E-state index in [1.807, 2.05) is 0 Å². The van der Waals surface area contributed by atoms with Gasteiger partial charge in [0.25, 0.3) is 0 Å². The lowest BCUT2D eigenvalue weighted by Gasteiger charge is -2.35. The first-order chi connectivity index (χ1) is 13.7. The molecule has 2 atom stereocenters. The van der Waals surface area contributed by atoms with Crippen LogP contribution in [0.15, 0.2) is 0 Å². The molecule has 0 aromatic rings. The zero-order chi connectivity index (χ0) is 19.6. The molecule has 0 bridgehead atoms. The largest absolute Gasteiger partial charge is 0.351 e. The van der Waals surface area contributed by atoms with Crippen LogP contribution in [0, 0.1) is 11.8 Å². The van der Waals surface area contributed by atoms with E-state index < -0.39 is 0 Å². The van der Waals surface area contributed by atoms with Gasteiger partial charge in [-0.2, -0.15) is 0 Å². The van der Waals surface area contributed by atoms with Gasteiger partial charge in [-0.15, -0.1) is 0 Å². The van der Waals surface area contributed by atoms with Crippen LogP contribution in [-0.2, 0) is 9.59 Å². The molecule has 4 heteroatoms. The quantitative estimate of drug-likeness (QED) is 0.688. The Labute approximate surface area is 172 Å². The van der Waals surface area contributed by atoms with Crippen molar-refractivity contribution in [3.63, 3.8) is 0 Å². The fraction of sp³-hybridized carbons (Fsp3) is 0.917. The van der Waals surface area contributed by atoms with Gasteiger partial charge in [0.1, 0.15) is 0 Å². The van der Waals surface area contributed by atoms with Crippen molar-refractivity contribution in [3.8, 4) is 0 Å². The van der Waals surface area contributed by atoms with Crippen LogP contribution in [0.2, 0.25) is 0 Å². The van der Waals surface area contributed by atoms with Gasteiger partial charge in [-0.3, -0.25) is 9.59 Å². The van der Waals surface area contributed by atoms with Crippen LogP contribution in [0.4, 0.5) is 0 Å². The molecule has 0 spiro atoms. The summed E-state index contributed by atoms with van der Waals surface area (Å²) in [6.07, 6.45) is 21.0. The number of carbonyl (C=O) groups is 2. The van der Waals surface area contributed by atoms with E-state index in [9.17, 15) is 9.59 Å². The van der Waals surface area contributed by atoms with E-state index in [1.165, 1.54) is 64.2 Å². The minimum absolute atomic E-state index is 0.129. The second-order valence-corrected chi connectivity index (χ2v) is 9.60. The second-order valence-electron chi connectivity index (χ2n) is 9.60. The Hall–Kier alpha value is -1.06. The SMILES string of the molecule is O=C(NC1CCCCC1NC(=O)C1CCCCCCC1)C1CCCCCCC1. The van der Waals surface area contributed by atoms with Crippen LogP contribution in [0.5, 0.6) is 0 Å². The van der Waals surface area contributed by atoms with E-state index in [2.05, 4.69) is 10.6 Å². The van der Waals surface area contributed by atoms with Gasteiger partial charge in [0.2, 0.25) is 11.8 Å². The Morgan fingerprint density at radius 3 is 1.07 bits per heavy atom. The first-order valence-corrected chi connectivity index (χ1v) is 12.3. The molecule has 3 fully saturated rings. The maximum atomic E-state index is 12.9. The molecule has 3 saturated carbocycles. The third-order valence-corrected chi connectivity index (χ3v) is 7.37. The van der Waals surface area contributed by atoms with E-state index in [4.69, 9.17) is 0 Å². The van der Waals surface area contributed by atoms with Gasteiger partial charge >= 0.3 is 0 Å². The number of rotatable bonds is 4. The summed E-state index contributed by atoms with van der Waals surface area (Å²) in [6, 6.07) is 0.258. The summed E-state index contributed by atoms with van der Waals surface area (Å²) < 4.78 is 0. The van der Waals surface area contributed by atoms with Crippen LogP contribution >= 0.6 is 0 Å². The summed E-state index contributed by atoms with van der Waals surface area (Å²) >= 11 is 0. The van der Waals surface area contributed by atoms with E-state index in [0.29, 0.717) is 0 Å². The molecule has 28 heavy (non-hydrogen) atoms. The number of nitrogens with one attached hydrogen (secondary N) is 2. The zero-order valence-electron chi connectivity index (χ0n) is 17.9. The molecule has 3 aliphatic rings. The van der Waals surface area contributed by atoms with Crippen molar-refractivity contribution >= 4 is 11.8 Å². The molecule has 0 saturated heterocycles. The fourth-order valence-electron chi connectivity index (χ4n) is 5.51. The molecule has 0 heterocycles. The summed E-state index contributed by atoms with van der Waals surface area (Å²) in [6.45, 7) is 0. The maximum Gasteiger partial charge on any atom is 0.223 e. The Balaban J connectivity index is 1.52. The van der Waals surface area contributed by atoms with E-state index in [-0.39, 0.29) is 35.7 Å². The van der Waals surface area contributed by atoms with Crippen LogP contribution in [-0.4, -0.2) is 23.9 Å². The normalized spacial score (nSPS) is 29.0. The molecular weight excluding hydrogens is 348 g/mol. The minimum atomic E-state index is 0.129. The average molecular weight is 391 g/mol. The molecule has 2 N–H and O–H groups in total. The van der Waals surface area contributed by atoms with E-state index in [0.717, 1.165) is 51.4 Å². The van der Waals surface area contributed by atoms with Crippen LogP contribution < -0.4 is 10.6 Å². The highest BCUT2D eigenvalue weighted by molar-refractivity contribution is 5.80. The maximum absolute atomic E-state index is 12.9. The molecule has 2 amide bonds. The highest BCUT2D eigenvalue weighted by atomic mass is 16.2. The molecule has 0 radical (unpaired) electrons. The first kappa shape index (κ1) is 21.6. The highest BCUT2D eigenvalue weighted by Crippen LogP contribution is 2.26. The molecule has 3 aliphatic carbocycles. The van der Waals surface area contributed by atoms with Gasteiger partial charge in [-0.25, -0.2) is 0 Å². The molecule has 0 aromatic heterocycles. The lowest BCUT2D eigenvalue weighted by molar-refractivity contribution is -0.129. The minimum Gasteiger partial charge on any atom is -0.351 e. The predicted octanol–water partition coefficient (Wildman–Crippen LogP) is 5.25. The van der Waals surface area contributed by atoms with Gasteiger partial charge in [0.15, 0.2) is 0 Å². The van der Waals surface area contributed by atoms with Crippen molar-refractivity contribution in [2.45, 2.75) is 128 Å². The first-order valence-electron chi connectivity index (χ1n) is 12.3. The van der Waals surface area contributed by atoms with E-state index in [1.54, 1.807) is 0 Å². The Kier molecular flexibility index (Phi) is 9.14. The number of carbonyl (C=O) groups excluding carboxylic acids is 2. The monoisotopic (exact) mass is 390 g/mol. The van der Waals surface area contributed by atoms with Gasteiger partial charge in [-0.05, 0) is 38.5 Å². The van der Waals surface area contributed by atoms with Crippen molar-refractivity contribution in [2.24, 2.45) is 11.8 Å². The van der Waals surface area contributed by atoms with Crippen LogP contribution in [0.1, 0.15) is 116 Å². The summed E-state index contributed by atoms with van der Waals surface area (Å²) in [5.41, 5.74) is 0. The Morgan fingerprint density at radius 2 is 0.714 bits per heavy atom. The summed E-state index contributed by atoms with van der Waals surface area (Å²) in [4.78, 5) is 25.8. The standard InChI is InChI=1S/C24H42N2O2/c27-23(19-13-7-3-1-4-8-14-19)25-21-17-11-12-18-22(21)26-24(28)20-15-9-5-2-6-10-16-20/h19-22H,1-18H2,(H,25,27)(H,26,28). The summed E-state index contributed by atoms with van der Waals surface area (Å²) in [5.74, 6) is 0.867. The Bertz CT molecular complexity index is 433. The molecular formula is C24H42N2O2. The van der Waals surface area contributed by atoms with Gasteiger partial charge in [0, 0.05) is 23.9 Å². The molecule has 4 nitrogen and oxygen atoms in total. The van der Waals surface area contributed by atoms with Crippen molar-refractivity contribution in [3.05, 3.63) is 0 Å². The van der Waals surface area contributed by atoms with Crippen LogP contribution in [0.3, 0.4) is 0 Å². The molecule has 0 aliphatic heterocycles. The lowest BCUT2D eigenvalue weighted by Crippen LogP contribution is -2.55. The smallest absolute Gasteiger partial charge is 0.223 e. The average Bonchev–Trinajstić information content (AvgIpc) is 2.62. The highest BCUT2D eigenvalue weighted by Gasteiger charge is 2.31. The third-order valence-electron chi connectivity index (χ3n) is 7.37. The van der Waals surface area contributed by atoms with Crippen molar-refractivity contribution in [1.29, 1.82) is 0 Å². The lowest BCUT2D eigenvalue weighted by atomic mass is 9.86. The second kappa shape index (κ2) is 11.8. The van der Waals surface area contributed by atoms with Crippen molar-refractivity contribution in [1.82, 2.24) is 10.6 Å². The van der Waals surface area contributed by atoms with Crippen LogP contribution in [0.25, 0.3) is 0 Å². The summed E-state index contributed by atoms with van der Waals surface area (Å²) in [5, 5.41) is 6.73. The van der Waals surface area contributed by atoms with Gasteiger partial charge in [-0.1, -0.05) is 77.0 Å².